The molecule has 1 heterocycles. The number of ether oxygens (including phenoxy) is 1. The molecule has 0 atom stereocenters. The first-order chi connectivity index (χ1) is 11.7. The Balaban J connectivity index is 1.86. The topological polar surface area (TPSA) is 67.6 Å². The van der Waals surface area contributed by atoms with Crippen LogP contribution in [0.1, 0.15) is 30.8 Å². The van der Waals surface area contributed by atoms with Crippen molar-refractivity contribution in [2.45, 2.75) is 20.3 Å². The van der Waals surface area contributed by atoms with E-state index in [0.717, 1.165) is 37.4 Å². The molecular formula is C18H25N3O3. The number of amides is 1. The molecule has 0 bridgehead atoms. The molecule has 1 aromatic carbocycles. The van der Waals surface area contributed by atoms with E-state index in [1.165, 1.54) is 0 Å². The zero-order valence-corrected chi connectivity index (χ0v) is 14.5. The van der Waals surface area contributed by atoms with Gasteiger partial charge >= 0.3 is 0 Å². The molecule has 24 heavy (non-hydrogen) atoms. The normalized spacial score (nSPS) is 10.8. The number of methoxy groups -OCH3 is 1. The van der Waals surface area contributed by atoms with Crippen molar-refractivity contribution in [2.24, 2.45) is 0 Å². The second kappa shape index (κ2) is 9.08. The van der Waals surface area contributed by atoms with E-state index >= 15 is 0 Å². The van der Waals surface area contributed by atoms with Crippen LogP contribution >= 0.6 is 0 Å². The summed E-state index contributed by atoms with van der Waals surface area (Å²) in [5.41, 5.74) is 1.15. The molecule has 0 unspecified atom stereocenters. The summed E-state index contributed by atoms with van der Waals surface area (Å²) in [6.45, 7) is 7.93. The van der Waals surface area contributed by atoms with Crippen molar-refractivity contribution in [3.8, 4) is 17.1 Å². The summed E-state index contributed by atoms with van der Waals surface area (Å²) < 4.78 is 10.4. The Hall–Kier alpha value is -2.34. The summed E-state index contributed by atoms with van der Waals surface area (Å²) in [5.74, 6) is 1.12. The molecule has 0 aliphatic carbocycles. The van der Waals surface area contributed by atoms with Crippen LogP contribution in [0.4, 0.5) is 0 Å². The van der Waals surface area contributed by atoms with Crippen molar-refractivity contribution in [2.75, 3.05) is 33.3 Å². The van der Waals surface area contributed by atoms with E-state index in [9.17, 15) is 4.79 Å². The molecule has 1 aromatic heterocycles. The van der Waals surface area contributed by atoms with Crippen LogP contribution < -0.4 is 10.1 Å². The Morgan fingerprint density at radius 3 is 2.58 bits per heavy atom. The van der Waals surface area contributed by atoms with E-state index in [4.69, 9.17) is 9.26 Å². The van der Waals surface area contributed by atoms with Gasteiger partial charge in [-0.25, -0.2) is 0 Å². The maximum atomic E-state index is 12.1. The van der Waals surface area contributed by atoms with Gasteiger partial charge in [-0.05, 0) is 50.3 Å². The van der Waals surface area contributed by atoms with Gasteiger partial charge < -0.3 is 19.5 Å². The van der Waals surface area contributed by atoms with Crippen LogP contribution in [0.15, 0.2) is 34.9 Å². The molecule has 0 aliphatic heterocycles. The van der Waals surface area contributed by atoms with E-state index in [1.807, 2.05) is 24.3 Å². The molecule has 0 fully saturated rings. The van der Waals surface area contributed by atoms with Crippen molar-refractivity contribution in [1.82, 2.24) is 15.4 Å². The first-order valence-electron chi connectivity index (χ1n) is 8.29. The monoisotopic (exact) mass is 331 g/mol. The van der Waals surface area contributed by atoms with E-state index < -0.39 is 0 Å². The first-order valence-corrected chi connectivity index (χ1v) is 8.29. The fourth-order valence-electron chi connectivity index (χ4n) is 2.41. The SMILES string of the molecule is CCN(CC)CCCNC(=O)c1cc(-c2ccc(OC)cc2)on1. The largest absolute Gasteiger partial charge is 0.497 e. The lowest BCUT2D eigenvalue weighted by Crippen LogP contribution is -2.30. The first kappa shape index (κ1) is 18.0. The Morgan fingerprint density at radius 1 is 1.25 bits per heavy atom. The zero-order valence-electron chi connectivity index (χ0n) is 14.5. The number of hydrogen-bond donors (Lipinski definition) is 1. The van der Waals surface area contributed by atoms with Gasteiger partial charge in [0.2, 0.25) is 0 Å². The number of hydrogen-bond acceptors (Lipinski definition) is 5. The van der Waals surface area contributed by atoms with E-state index in [-0.39, 0.29) is 5.91 Å². The van der Waals surface area contributed by atoms with Gasteiger partial charge in [0.25, 0.3) is 5.91 Å². The van der Waals surface area contributed by atoms with Gasteiger partial charge in [0.15, 0.2) is 11.5 Å². The summed E-state index contributed by atoms with van der Waals surface area (Å²) in [7, 11) is 1.62. The molecule has 6 nitrogen and oxygen atoms in total. The Bertz CT molecular complexity index is 633. The number of benzene rings is 1. The van der Waals surface area contributed by atoms with Crippen LogP contribution in [0.2, 0.25) is 0 Å². The molecular weight excluding hydrogens is 306 g/mol. The number of carbonyl (C=O) groups excluding carboxylic acids is 1. The van der Waals surface area contributed by atoms with E-state index in [2.05, 4.69) is 29.2 Å². The minimum atomic E-state index is -0.210. The summed E-state index contributed by atoms with van der Waals surface area (Å²) in [5, 5.41) is 6.73. The molecule has 130 valence electrons. The van der Waals surface area contributed by atoms with Gasteiger partial charge in [-0.1, -0.05) is 19.0 Å². The van der Waals surface area contributed by atoms with E-state index in [0.29, 0.717) is 18.0 Å². The maximum absolute atomic E-state index is 12.1. The van der Waals surface area contributed by atoms with Crippen molar-refractivity contribution < 1.29 is 14.1 Å². The molecule has 2 rings (SSSR count). The maximum Gasteiger partial charge on any atom is 0.273 e. The number of nitrogens with zero attached hydrogens (tertiary/aromatic N) is 2. The van der Waals surface area contributed by atoms with Gasteiger partial charge in [-0.3, -0.25) is 4.79 Å². The highest BCUT2D eigenvalue weighted by Crippen LogP contribution is 2.23. The average Bonchev–Trinajstić information content (AvgIpc) is 3.12. The molecule has 0 radical (unpaired) electrons. The number of rotatable bonds is 9. The van der Waals surface area contributed by atoms with Crippen LogP contribution in [-0.4, -0.2) is 49.3 Å². The van der Waals surface area contributed by atoms with E-state index in [1.54, 1.807) is 13.2 Å². The van der Waals surface area contributed by atoms with Crippen molar-refractivity contribution in [3.05, 3.63) is 36.0 Å². The van der Waals surface area contributed by atoms with Gasteiger partial charge in [0.1, 0.15) is 5.75 Å². The minimum Gasteiger partial charge on any atom is -0.497 e. The minimum absolute atomic E-state index is 0.210. The number of aromatic nitrogens is 1. The summed E-state index contributed by atoms with van der Waals surface area (Å²) in [6, 6.07) is 9.06. The third-order valence-corrected chi connectivity index (χ3v) is 3.95. The van der Waals surface area contributed by atoms with Crippen molar-refractivity contribution in [1.29, 1.82) is 0 Å². The van der Waals surface area contributed by atoms with Gasteiger partial charge in [0.05, 0.1) is 7.11 Å². The molecule has 1 amide bonds. The third-order valence-electron chi connectivity index (χ3n) is 3.95. The highest BCUT2D eigenvalue weighted by atomic mass is 16.5. The average molecular weight is 331 g/mol. The van der Waals surface area contributed by atoms with Gasteiger partial charge in [-0.2, -0.15) is 0 Å². The smallest absolute Gasteiger partial charge is 0.273 e. The summed E-state index contributed by atoms with van der Waals surface area (Å²) >= 11 is 0. The van der Waals surface area contributed by atoms with Crippen LogP contribution in [0.25, 0.3) is 11.3 Å². The highest BCUT2D eigenvalue weighted by Gasteiger charge is 2.13. The molecule has 0 saturated carbocycles. The Morgan fingerprint density at radius 2 is 1.96 bits per heavy atom. The summed E-state index contributed by atoms with van der Waals surface area (Å²) in [6.07, 6.45) is 0.913. The standard InChI is InChI=1S/C18H25N3O3/c1-4-21(5-2)12-6-11-19-18(22)16-13-17(24-20-16)14-7-9-15(23-3)10-8-14/h7-10,13H,4-6,11-12H2,1-3H3,(H,19,22). The second-order valence-corrected chi connectivity index (χ2v) is 5.44. The number of carbonyl (C=O) groups is 1. The lowest BCUT2D eigenvalue weighted by atomic mass is 10.1. The van der Waals surface area contributed by atoms with Crippen molar-refractivity contribution in [3.63, 3.8) is 0 Å². The lowest BCUT2D eigenvalue weighted by molar-refractivity contribution is 0.0943. The molecule has 1 N–H and O–H groups in total. The van der Waals surface area contributed by atoms with Crippen LogP contribution in [0.3, 0.4) is 0 Å². The predicted molar refractivity (Wildman–Crippen MR) is 93.2 cm³/mol. The second-order valence-electron chi connectivity index (χ2n) is 5.44. The molecule has 0 aliphatic rings. The molecule has 0 spiro atoms. The van der Waals surface area contributed by atoms with Crippen LogP contribution in [0.5, 0.6) is 5.75 Å². The predicted octanol–water partition coefficient (Wildman–Crippen LogP) is 2.81. The Kier molecular flexibility index (Phi) is 6.81. The van der Waals surface area contributed by atoms with Gasteiger partial charge in [0, 0.05) is 18.2 Å². The third kappa shape index (κ3) is 4.83. The molecule has 0 saturated heterocycles. The molecule has 2 aromatic rings. The fourth-order valence-corrected chi connectivity index (χ4v) is 2.41. The van der Waals surface area contributed by atoms with Crippen LogP contribution in [0, 0.1) is 0 Å². The van der Waals surface area contributed by atoms with Crippen LogP contribution in [-0.2, 0) is 0 Å². The zero-order chi connectivity index (χ0) is 17.4. The van der Waals surface area contributed by atoms with Gasteiger partial charge in [-0.15, -0.1) is 0 Å². The quantitative estimate of drug-likeness (QED) is 0.716. The fraction of sp³-hybridized carbons (Fsp3) is 0.444. The van der Waals surface area contributed by atoms with Crippen molar-refractivity contribution >= 4 is 5.91 Å². The number of nitrogens with one attached hydrogen (secondary N) is 1. The lowest BCUT2D eigenvalue weighted by Gasteiger charge is -2.17. The molecule has 6 heteroatoms. The Labute approximate surface area is 142 Å². The summed E-state index contributed by atoms with van der Waals surface area (Å²) in [4.78, 5) is 14.4. The highest BCUT2D eigenvalue weighted by molar-refractivity contribution is 5.93.